The van der Waals surface area contributed by atoms with E-state index in [1.165, 1.54) is 38.5 Å². The maximum Gasteiger partial charge on any atom is 2.00 e. The smallest absolute Gasteiger partial charge is 0.381 e. The van der Waals surface area contributed by atoms with Gasteiger partial charge in [0.2, 0.25) is 0 Å². The summed E-state index contributed by atoms with van der Waals surface area (Å²) < 4.78 is 11.3. The second-order valence-corrected chi connectivity index (χ2v) is 8.36. The van der Waals surface area contributed by atoms with E-state index < -0.39 is 0 Å². The average molecular weight is 395 g/mol. The molecule has 0 aliphatic rings. The van der Waals surface area contributed by atoms with Crippen molar-refractivity contribution >= 4 is 23.1 Å². The molecule has 0 aromatic rings. The minimum Gasteiger partial charge on any atom is -0.381 e. The van der Waals surface area contributed by atoms with Gasteiger partial charge in [-0.25, -0.2) is 0 Å². The monoisotopic (exact) mass is 394 g/mol. The van der Waals surface area contributed by atoms with Gasteiger partial charge < -0.3 is 23.3 Å². The summed E-state index contributed by atoms with van der Waals surface area (Å²) in [4.78, 5) is 0. The zero-order chi connectivity index (χ0) is 20.2. The van der Waals surface area contributed by atoms with E-state index in [1.807, 2.05) is 0 Å². The molecule has 0 rings (SSSR count). The zero-order valence-corrected chi connectivity index (χ0v) is 21.1. The first kappa shape index (κ1) is 32.4. The predicted octanol–water partition coefficient (Wildman–Crippen LogP) is 7.00. The van der Waals surface area contributed by atoms with Crippen molar-refractivity contribution in [3.63, 3.8) is 0 Å². The molecule has 0 heterocycles. The number of hydrogen-bond donors (Lipinski definition) is 0. The van der Waals surface area contributed by atoms with Crippen LogP contribution in [0.3, 0.4) is 0 Å². The molecule has 0 saturated heterocycles. The van der Waals surface area contributed by atoms with Crippen LogP contribution in [0.1, 0.15) is 92.9 Å². The molecule has 4 atom stereocenters. The van der Waals surface area contributed by atoms with Crippen LogP contribution >= 0.6 is 0 Å². The van der Waals surface area contributed by atoms with Gasteiger partial charge >= 0.3 is 23.1 Å². The first-order valence-electron chi connectivity index (χ1n) is 11.1. The summed E-state index contributed by atoms with van der Waals surface area (Å²) in [6.07, 6.45) is 9.50. The van der Waals surface area contributed by atoms with Crippen molar-refractivity contribution in [3.05, 3.63) is 13.8 Å². The fourth-order valence-electron chi connectivity index (χ4n) is 2.96. The minimum atomic E-state index is 0. The summed E-state index contributed by atoms with van der Waals surface area (Å²) >= 11 is 0. The third kappa shape index (κ3) is 26.7. The first-order chi connectivity index (χ1) is 12.4. The third-order valence-electron chi connectivity index (χ3n) is 4.57. The molecule has 0 fully saturated rings. The summed E-state index contributed by atoms with van der Waals surface area (Å²) in [6.45, 7) is 24.8. The summed E-state index contributed by atoms with van der Waals surface area (Å²) in [5, 5.41) is 0. The van der Waals surface area contributed by atoms with Gasteiger partial charge in [0.05, 0.1) is 0 Å². The van der Waals surface area contributed by atoms with Crippen LogP contribution < -0.4 is 0 Å². The Labute approximate surface area is 189 Å². The van der Waals surface area contributed by atoms with Crippen LogP contribution in [0.15, 0.2) is 0 Å². The molecule has 27 heavy (non-hydrogen) atoms. The number of hydrogen-bond acceptors (Lipinski definition) is 2. The normalized spacial score (nSPS) is 15.1. The van der Waals surface area contributed by atoms with Gasteiger partial charge in [-0.15, -0.1) is 0 Å². The van der Waals surface area contributed by atoms with Gasteiger partial charge in [-0.2, -0.15) is 12.8 Å². The molecule has 0 aromatic carbocycles. The Balaban J connectivity index is -0.000000411. The zero-order valence-electron chi connectivity index (χ0n) is 19.7. The molecular formula is C24H50MgO2. The molecule has 0 aliphatic heterocycles. The number of ether oxygens (including phenoxy) is 2. The van der Waals surface area contributed by atoms with Crippen molar-refractivity contribution in [1.82, 2.24) is 0 Å². The van der Waals surface area contributed by atoms with E-state index in [4.69, 9.17) is 9.47 Å². The fraction of sp³-hybridized carbons (Fsp3) is 0.917. The second kappa shape index (κ2) is 24.7. The molecule has 0 aromatic heterocycles. The van der Waals surface area contributed by atoms with Crippen molar-refractivity contribution < 1.29 is 9.47 Å². The van der Waals surface area contributed by atoms with Crippen LogP contribution in [0, 0.1) is 37.5 Å². The molecule has 2 nitrogen and oxygen atoms in total. The third-order valence-corrected chi connectivity index (χ3v) is 4.57. The van der Waals surface area contributed by atoms with E-state index >= 15 is 0 Å². The van der Waals surface area contributed by atoms with E-state index in [-0.39, 0.29) is 23.1 Å². The number of rotatable bonds is 16. The second-order valence-electron chi connectivity index (χ2n) is 8.36. The van der Waals surface area contributed by atoms with Gasteiger partial charge in [0, 0.05) is 26.4 Å². The Morgan fingerprint density at radius 2 is 0.815 bits per heavy atom. The molecule has 160 valence electrons. The van der Waals surface area contributed by atoms with Crippen molar-refractivity contribution in [3.8, 4) is 0 Å². The Bertz CT molecular complexity index is 211. The van der Waals surface area contributed by atoms with Gasteiger partial charge in [-0.05, 0) is 36.5 Å². The Morgan fingerprint density at radius 3 is 1.04 bits per heavy atom. The predicted molar refractivity (Wildman–Crippen MR) is 123 cm³/mol. The van der Waals surface area contributed by atoms with Crippen molar-refractivity contribution in [2.75, 3.05) is 26.4 Å². The molecule has 4 unspecified atom stereocenters. The van der Waals surface area contributed by atoms with Crippen LogP contribution in [0.4, 0.5) is 0 Å². The molecule has 3 heteroatoms. The molecule has 0 aliphatic carbocycles. The maximum absolute atomic E-state index is 5.63. The van der Waals surface area contributed by atoms with Crippen LogP contribution in [0.5, 0.6) is 0 Å². The average Bonchev–Trinajstić information content (AvgIpc) is 2.56. The van der Waals surface area contributed by atoms with E-state index in [2.05, 4.69) is 55.4 Å². The summed E-state index contributed by atoms with van der Waals surface area (Å²) in [5.74, 6) is 2.78. The molecule has 0 amide bonds. The van der Waals surface area contributed by atoms with Gasteiger partial charge in [0.15, 0.2) is 0 Å². The van der Waals surface area contributed by atoms with Crippen molar-refractivity contribution in [1.29, 1.82) is 0 Å². The van der Waals surface area contributed by atoms with Gasteiger partial charge in [-0.1, -0.05) is 67.2 Å². The molecule has 0 bridgehead atoms. The minimum absolute atomic E-state index is 0. The quantitative estimate of drug-likeness (QED) is 0.207. The Morgan fingerprint density at radius 1 is 0.556 bits per heavy atom. The van der Waals surface area contributed by atoms with Crippen LogP contribution in [-0.2, 0) is 9.47 Å². The SMILES string of the molecule is [CH2-]CCC(C)COCC(C)CCC.[CH2-]CCC(C)COCC(C)CCC.[Mg+2]. The Kier molecular flexibility index (Phi) is 29.6. The standard InChI is InChI=1S/2C12H25O.Mg/c2*1-5-7-11(3)9-13-10-12(4)8-6-2;/h2*11-12H,1,5-10H2,2-4H3;/q2*-1;+2. The Hall–Kier alpha value is 0.686. The van der Waals surface area contributed by atoms with Crippen LogP contribution in [0.2, 0.25) is 0 Å². The van der Waals surface area contributed by atoms with E-state index in [9.17, 15) is 0 Å². The largest absolute Gasteiger partial charge is 2.00 e. The maximum atomic E-state index is 5.63. The molecule has 0 spiro atoms. The molecule has 0 N–H and O–H groups in total. The summed E-state index contributed by atoms with van der Waals surface area (Å²) in [6, 6.07) is 0. The van der Waals surface area contributed by atoms with Crippen molar-refractivity contribution in [2.45, 2.75) is 92.9 Å². The van der Waals surface area contributed by atoms with E-state index in [0.29, 0.717) is 11.8 Å². The molecular weight excluding hydrogens is 345 g/mol. The van der Waals surface area contributed by atoms with Gasteiger partial charge in [-0.3, -0.25) is 0 Å². The molecule has 0 radical (unpaired) electrons. The van der Waals surface area contributed by atoms with Gasteiger partial charge in [0.25, 0.3) is 0 Å². The summed E-state index contributed by atoms with van der Waals surface area (Å²) in [7, 11) is 0. The van der Waals surface area contributed by atoms with Crippen LogP contribution in [0.25, 0.3) is 0 Å². The molecule has 0 saturated carbocycles. The topological polar surface area (TPSA) is 18.5 Å². The summed E-state index contributed by atoms with van der Waals surface area (Å²) in [5.41, 5.74) is 0. The van der Waals surface area contributed by atoms with Crippen LogP contribution in [-0.4, -0.2) is 49.5 Å². The fourth-order valence-corrected chi connectivity index (χ4v) is 2.96. The van der Waals surface area contributed by atoms with Gasteiger partial charge in [0.1, 0.15) is 0 Å². The van der Waals surface area contributed by atoms with Crippen molar-refractivity contribution in [2.24, 2.45) is 23.7 Å². The van der Waals surface area contributed by atoms with E-state index in [0.717, 1.165) is 51.1 Å². The first-order valence-corrected chi connectivity index (χ1v) is 11.1. The van der Waals surface area contributed by atoms with E-state index in [1.54, 1.807) is 0 Å².